The zero-order valence-corrected chi connectivity index (χ0v) is 8.64. The monoisotopic (exact) mass is 210 g/mol. The Hall–Kier alpha value is -1.71. The van der Waals surface area contributed by atoms with Gasteiger partial charge in [-0.1, -0.05) is 25.1 Å². The molecule has 0 aromatic heterocycles. The van der Waals surface area contributed by atoms with E-state index in [0.717, 1.165) is 6.42 Å². The molecule has 82 valence electrons. The molecule has 0 aliphatic heterocycles. The number of carbonyl (C=O) groups excluding carboxylic acids is 1. The molecule has 0 unspecified atom stereocenters. The Morgan fingerprint density at radius 3 is 2.60 bits per heavy atom. The maximum Gasteiger partial charge on any atom is 0.511 e. The first-order chi connectivity index (χ1) is 7.33. The van der Waals surface area contributed by atoms with Crippen LogP contribution in [0.3, 0.4) is 0 Å². The summed E-state index contributed by atoms with van der Waals surface area (Å²) in [5, 5.41) is 0. The standard InChI is InChI=1S/C11H14O4/c1-2-8-13-11(12)15-9-14-10-6-4-3-5-7-10/h3-7H,2,8-9H2,1H3. The van der Waals surface area contributed by atoms with E-state index in [2.05, 4.69) is 9.47 Å². The minimum atomic E-state index is -0.701. The molecule has 1 rings (SSSR count). The molecule has 4 heteroatoms. The average molecular weight is 210 g/mol. The van der Waals surface area contributed by atoms with Crippen LogP contribution in [0.5, 0.6) is 5.75 Å². The third-order valence-corrected chi connectivity index (χ3v) is 1.57. The van der Waals surface area contributed by atoms with Crippen LogP contribution in [-0.2, 0) is 9.47 Å². The molecule has 0 saturated heterocycles. The van der Waals surface area contributed by atoms with Crippen LogP contribution in [0.25, 0.3) is 0 Å². The van der Waals surface area contributed by atoms with Gasteiger partial charge in [0.05, 0.1) is 6.61 Å². The van der Waals surface area contributed by atoms with Gasteiger partial charge in [-0.25, -0.2) is 4.79 Å². The molecule has 0 aliphatic rings. The van der Waals surface area contributed by atoms with E-state index in [-0.39, 0.29) is 6.79 Å². The lowest BCUT2D eigenvalue weighted by Gasteiger charge is -2.06. The summed E-state index contributed by atoms with van der Waals surface area (Å²) in [7, 11) is 0. The van der Waals surface area contributed by atoms with Crippen molar-refractivity contribution in [3.05, 3.63) is 30.3 Å². The molecule has 0 atom stereocenters. The predicted octanol–water partition coefficient (Wildman–Crippen LogP) is 2.59. The molecule has 0 saturated carbocycles. The highest BCUT2D eigenvalue weighted by Crippen LogP contribution is 2.07. The van der Waals surface area contributed by atoms with Crippen LogP contribution >= 0.6 is 0 Å². The topological polar surface area (TPSA) is 44.8 Å². The molecule has 0 radical (unpaired) electrons. The third-order valence-electron chi connectivity index (χ3n) is 1.57. The van der Waals surface area contributed by atoms with Crippen molar-refractivity contribution >= 4 is 6.16 Å². The van der Waals surface area contributed by atoms with Crippen LogP contribution in [0.1, 0.15) is 13.3 Å². The largest absolute Gasteiger partial charge is 0.511 e. The SMILES string of the molecule is CCCOC(=O)OCOc1ccccc1. The van der Waals surface area contributed by atoms with Crippen molar-refractivity contribution in [3.63, 3.8) is 0 Å². The number of hydrogen-bond donors (Lipinski definition) is 0. The van der Waals surface area contributed by atoms with E-state index >= 15 is 0 Å². The quantitative estimate of drug-likeness (QED) is 0.553. The number of hydrogen-bond acceptors (Lipinski definition) is 4. The van der Waals surface area contributed by atoms with Gasteiger partial charge >= 0.3 is 6.16 Å². The molecule has 0 spiro atoms. The first kappa shape index (κ1) is 11.4. The van der Waals surface area contributed by atoms with Gasteiger partial charge in [-0.05, 0) is 18.6 Å². The summed E-state index contributed by atoms with van der Waals surface area (Å²) in [5.74, 6) is 0.654. The number of ether oxygens (including phenoxy) is 3. The predicted molar refractivity (Wildman–Crippen MR) is 54.7 cm³/mol. The molecule has 4 nitrogen and oxygen atoms in total. The molecule has 0 amide bonds. The van der Waals surface area contributed by atoms with Crippen molar-refractivity contribution in [2.75, 3.05) is 13.4 Å². The van der Waals surface area contributed by atoms with Crippen molar-refractivity contribution in [2.24, 2.45) is 0 Å². The van der Waals surface area contributed by atoms with Crippen LogP contribution in [-0.4, -0.2) is 19.6 Å². The fourth-order valence-corrected chi connectivity index (χ4v) is 0.889. The third kappa shape index (κ3) is 4.90. The first-order valence-corrected chi connectivity index (χ1v) is 4.80. The van der Waals surface area contributed by atoms with Gasteiger partial charge < -0.3 is 14.2 Å². The van der Waals surface area contributed by atoms with Crippen LogP contribution < -0.4 is 4.74 Å². The lowest BCUT2D eigenvalue weighted by atomic mass is 10.3. The Morgan fingerprint density at radius 2 is 1.93 bits per heavy atom. The van der Waals surface area contributed by atoms with Crippen LogP contribution in [0, 0.1) is 0 Å². The Bertz CT molecular complexity index is 284. The second-order valence-corrected chi connectivity index (χ2v) is 2.82. The molecular formula is C11H14O4. The molecule has 15 heavy (non-hydrogen) atoms. The Balaban J connectivity index is 2.14. The maximum absolute atomic E-state index is 10.9. The lowest BCUT2D eigenvalue weighted by Crippen LogP contribution is -2.12. The van der Waals surface area contributed by atoms with Gasteiger partial charge in [0.2, 0.25) is 6.79 Å². The summed E-state index contributed by atoms with van der Waals surface area (Å²) in [6.45, 7) is 2.14. The van der Waals surface area contributed by atoms with Gasteiger partial charge in [-0.3, -0.25) is 0 Å². The van der Waals surface area contributed by atoms with Crippen molar-refractivity contribution in [2.45, 2.75) is 13.3 Å². The molecule has 0 N–H and O–H groups in total. The molecule has 1 aromatic rings. The van der Waals surface area contributed by atoms with E-state index < -0.39 is 6.16 Å². The molecule has 0 aliphatic carbocycles. The van der Waals surface area contributed by atoms with E-state index in [1.807, 2.05) is 25.1 Å². The molecule has 0 heterocycles. The second-order valence-electron chi connectivity index (χ2n) is 2.82. The second kappa shape index (κ2) is 6.70. The van der Waals surface area contributed by atoms with E-state index in [4.69, 9.17) is 4.74 Å². The highest BCUT2D eigenvalue weighted by atomic mass is 16.8. The smallest absolute Gasteiger partial charge is 0.457 e. The van der Waals surface area contributed by atoms with E-state index in [9.17, 15) is 4.79 Å². The maximum atomic E-state index is 10.9. The summed E-state index contributed by atoms with van der Waals surface area (Å²) >= 11 is 0. The lowest BCUT2D eigenvalue weighted by molar-refractivity contribution is 0.00475. The number of benzene rings is 1. The minimum Gasteiger partial charge on any atom is -0.457 e. The molecule has 1 aromatic carbocycles. The van der Waals surface area contributed by atoms with Gasteiger partial charge in [0.25, 0.3) is 0 Å². The van der Waals surface area contributed by atoms with Gasteiger partial charge in [-0.2, -0.15) is 0 Å². The van der Waals surface area contributed by atoms with Crippen molar-refractivity contribution in [1.82, 2.24) is 0 Å². The fourth-order valence-electron chi connectivity index (χ4n) is 0.889. The van der Waals surface area contributed by atoms with Crippen molar-refractivity contribution in [3.8, 4) is 5.75 Å². The average Bonchev–Trinajstić information content (AvgIpc) is 2.28. The number of para-hydroxylation sites is 1. The van der Waals surface area contributed by atoms with Gasteiger partial charge in [0.15, 0.2) is 0 Å². The first-order valence-electron chi connectivity index (χ1n) is 4.80. The van der Waals surface area contributed by atoms with Crippen LogP contribution in [0.2, 0.25) is 0 Å². The van der Waals surface area contributed by atoms with Gasteiger partial charge in [0, 0.05) is 0 Å². The van der Waals surface area contributed by atoms with E-state index in [1.165, 1.54) is 0 Å². The summed E-state index contributed by atoms with van der Waals surface area (Å²) in [4.78, 5) is 10.9. The normalized spacial score (nSPS) is 9.40. The van der Waals surface area contributed by atoms with Gasteiger partial charge in [0.1, 0.15) is 5.75 Å². The Morgan fingerprint density at radius 1 is 1.20 bits per heavy atom. The summed E-state index contributed by atoms with van der Waals surface area (Å²) in [6.07, 6.45) is 0.0713. The van der Waals surface area contributed by atoms with Gasteiger partial charge in [-0.15, -0.1) is 0 Å². The number of rotatable bonds is 5. The van der Waals surface area contributed by atoms with Crippen molar-refractivity contribution < 1.29 is 19.0 Å². The number of carbonyl (C=O) groups is 1. The highest BCUT2D eigenvalue weighted by molar-refractivity contribution is 5.59. The minimum absolute atomic E-state index is 0.132. The Kier molecular flexibility index (Phi) is 5.08. The fraction of sp³-hybridized carbons (Fsp3) is 0.364. The zero-order valence-electron chi connectivity index (χ0n) is 8.64. The summed E-state index contributed by atoms with van der Waals surface area (Å²) < 4.78 is 14.5. The zero-order chi connectivity index (χ0) is 10.9. The highest BCUT2D eigenvalue weighted by Gasteiger charge is 2.02. The molecule has 0 fully saturated rings. The Labute approximate surface area is 88.8 Å². The van der Waals surface area contributed by atoms with E-state index in [1.54, 1.807) is 12.1 Å². The van der Waals surface area contributed by atoms with Crippen molar-refractivity contribution in [1.29, 1.82) is 0 Å². The van der Waals surface area contributed by atoms with Crippen LogP contribution in [0.4, 0.5) is 4.79 Å². The molecular weight excluding hydrogens is 196 g/mol. The molecule has 0 bridgehead atoms. The summed E-state index contributed by atoms with van der Waals surface area (Å²) in [5.41, 5.74) is 0. The summed E-state index contributed by atoms with van der Waals surface area (Å²) in [6, 6.07) is 9.11. The van der Waals surface area contributed by atoms with E-state index in [0.29, 0.717) is 12.4 Å². The van der Waals surface area contributed by atoms with Crippen LogP contribution in [0.15, 0.2) is 30.3 Å².